The fourth-order valence-corrected chi connectivity index (χ4v) is 6.05. The number of hydrogen-bond acceptors (Lipinski definition) is 4. The summed E-state index contributed by atoms with van der Waals surface area (Å²) >= 11 is 5.29. The molecule has 0 unspecified atom stereocenters. The van der Waals surface area contributed by atoms with E-state index in [4.69, 9.17) is 4.74 Å². The lowest BCUT2D eigenvalue weighted by Crippen LogP contribution is -2.53. The molecule has 7 heteroatoms. The number of carbonyl (C=O) groups is 2. The molecule has 2 saturated heterocycles. The highest BCUT2D eigenvalue weighted by atomic mass is 79.9. The molecule has 1 spiro atoms. The van der Waals surface area contributed by atoms with Gasteiger partial charge in [-0.05, 0) is 67.8 Å². The first-order valence-electron chi connectivity index (χ1n) is 11.3. The van der Waals surface area contributed by atoms with Crippen molar-refractivity contribution in [3.05, 3.63) is 64.1 Å². The monoisotopic (exact) mass is 516 g/mol. The van der Waals surface area contributed by atoms with Crippen LogP contribution >= 0.6 is 27.7 Å². The zero-order valence-corrected chi connectivity index (χ0v) is 20.8. The van der Waals surface area contributed by atoms with Crippen LogP contribution in [0.25, 0.3) is 0 Å². The Kier molecular flexibility index (Phi) is 7.46. The molecule has 0 radical (unpaired) electrons. The second kappa shape index (κ2) is 10.3. The van der Waals surface area contributed by atoms with Crippen molar-refractivity contribution >= 4 is 39.5 Å². The van der Waals surface area contributed by atoms with Crippen molar-refractivity contribution in [2.24, 2.45) is 0 Å². The molecule has 0 aromatic heterocycles. The molecule has 0 bridgehead atoms. The van der Waals surface area contributed by atoms with Crippen LogP contribution in [0.4, 0.5) is 0 Å². The van der Waals surface area contributed by atoms with Crippen molar-refractivity contribution in [3.63, 3.8) is 0 Å². The molecule has 0 N–H and O–H groups in total. The summed E-state index contributed by atoms with van der Waals surface area (Å²) in [6, 6.07) is 15.0. The van der Waals surface area contributed by atoms with Crippen molar-refractivity contribution in [2.45, 2.75) is 37.5 Å². The maximum absolute atomic E-state index is 13.2. The van der Waals surface area contributed by atoms with E-state index >= 15 is 0 Å². The Labute approximate surface area is 202 Å². The Hall–Kier alpha value is -1.99. The number of piperidine rings is 1. The number of benzene rings is 2. The fourth-order valence-electron chi connectivity index (χ4n) is 4.33. The third-order valence-electron chi connectivity index (χ3n) is 6.21. The predicted molar refractivity (Wildman–Crippen MR) is 132 cm³/mol. The number of likely N-dealkylation sites (tertiary alicyclic amines) is 1. The van der Waals surface area contributed by atoms with Crippen molar-refractivity contribution in [1.82, 2.24) is 9.80 Å². The van der Waals surface area contributed by atoms with E-state index in [0.29, 0.717) is 25.3 Å². The fraction of sp³-hybridized carbons (Fsp3) is 0.440. The maximum atomic E-state index is 13.2. The molecule has 0 aliphatic carbocycles. The smallest absolute Gasteiger partial charge is 0.254 e. The van der Waals surface area contributed by atoms with Crippen LogP contribution < -0.4 is 4.74 Å². The van der Waals surface area contributed by atoms with E-state index in [1.165, 1.54) is 0 Å². The summed E-state index contributed by atoms with van der Waals surface area (Å²) in [6.45, 7) is 4.90. The van der Waals surface area contributed by atoms with Gasteiger partial charge in [-0.25, -0.2) is 0 Å². The molecule has 32 heavy (non-hydrogen) atoms. The van der Waals surface area contributed by atoms with Crippen LogP contribution in [0, 0.1) is 0 Å². The molecule has 0 atom stereocenters. The van der Waals surface area contributed by atoms with Crippen LogP contribution in [0.5, 0.6) is 5.75 Å². The average molecular weight is 517 g/mol. The number of amides is 2. The first-order chi connectivity index (χ1) is 15.5. The van der Waals surface area contributed by atoms with Crippen LogP contribution in [0.2, 0.25) is 0 Å². The number of halogens is 1. The average Bonchev–Trinajstić information content (AvgIpc) is 3.22. The minimum Gasteiger partial charge on any atom is -0.494 e. The van der Waals surface area contributed by atoms with Crippen molar-refractivity contribution in [3.8, 4) is 5.75 Å². The molecule has 170 valence electrons. The van der Waals surface area contributed by atoms with Gasteiger partial charge >= 0.3 is 0 Å². The quantitative estimate of drug-likeness (QED) is 0.479. The largest absolute Gasteiger partial charge is 0.494 e. The molecule has 5 nitrogen and oxygen atoms in total. The van der Waals surface area contributed by atoms with Gasteiger partial charge in [0, 0.05) is 41.0 Å². The molecule has 2 fully saturated rings. The minimum atomic E-state index is -0.210. The molecule has 2 amide bonds. The molecule has 2 heterocycles. The Balaban J connectivity index is 1.37. The third kappa shape index (κ3) is 4.99. The second-order valence-electron chi connectivity index (χ2n) is 8.28. The third-order valence-corrected chi connectivity index (χ3v) is 8.30. The number of carbonyl (C=O) groups excluding carboxylic acids is 2. The van der Waals surface area contributed by atoms with Gasteiger partial charge in [0.05, 0.1) is 11.5 Å². The van der Waals surface area contributed by atoms with Gasteiger partial charge in [-0.3, -0.25) is 9.59 Å². The SMILES string of the molecule is CCCCOc1ccc(C(=O)N2CCC3(CC2)SCCN3C(=O)c2ccc(Br)cc2)cc1. The summed E-state index contributed by atoms with van der Waals surface area (Å²) in [5, 5.41) is 0. The second-order valence-corrected chi connectivity index (χ2v) is 10.6. The summed E-state index contributed by atoms with van der Waals surface area (Å²) in [4.78, 5) is 30.0. The molecular formula is C25H29BrN2O3S. The Morgan fingerprint density at radius 1 is 0.969 bits per heavy atom. The predicted octanol–water partition coefficient (Wildman–Crippen LogP) is 5.45. The van der Waals surface area contributed by atoms with Crippen LogP contribution in [0.1, 0.15) is 53.3 Å². The highest BCUT2D eigenvalue weighted by Crippen LogP contribution is 2.44. The number of nitrogens with zero attached hydrogens (tertiary/aromatic N) is 2. The van der Waals surface area contributed by atoms with Gasteiger partial charge in [0.1, 0.15) is 5.75 Å². The van der Waals surface area contributed by atoms with Gasteiger partial charge in [0.2, 0.25) is 0 Å². The van der Waals surface area contributed by atoms with Crippen molar-refractivity contribution in [2.75, 3.05) is 32.0 Å². The molecular weight excluding hydrogens is 488 g/mol. The topological polar surface area (TPSA) is 49.9 Å². The number of ether oxygens (including phenoxy) is 1. The number of unbranched alkanes of at least 4 members (excludes halogenated alkanes) is 1. The number of thioether (sulfide) groups is 1. The van der Waals surface area contributed by atoms with Gasteiger partial charge in [-0.15, -0.1) is 11.8 Å². The van der Waals surface area contributed by atoms with Crippen molar-refractivity contribution < 1.29 is 14.3 Å². The van der Waals surface area contributed by atoms with E-state index in [-0.39, 0.29) is 16.7 Å². The summed E-state index contributed by atoms with van der Waals surface area (Å²) in [7, 11) is 0. The number of rotatable bonds is 6. The van der Waals surface area contributed by atoms with Crippen LogP contribution in [-0.4, -0.2) is 58.5 Å². The van der Waals surface area contributed by atoms with Crippen molar-refractivity contribution in [1.29, 1.82) is 0 Å². The van der Waals surface area contributed by atoms with E-state index < -0.39 is 0 Å². The zero-order chi connectivity index (χ0) is 22.6. The van der Waals surface area contributed by atoms with Gasteiger partial charge in [-0.2, -0.15) is 0 Å². The highest BCUT2D eigenvalue weighted by Gasteiger charge is 2.47. The van der Waals surface area contributed by atoms with E-state index in [9.17, 15) is 9.59 Å². The standard InChI is InChI=1S/C25H29BrN2O3S/c1-2-3-17-31-22-10-6-19(7-11-22)23(29)27-14-12-25(13-15-27)28(16-18-32-25)24(30)20-4-8-21(26)9-5-20/h4-11H,2-3,12-18H2,1H3. The Bertz CT molecular complexity index is 941. The van der Waals surface area contributed by atoms with Gasteiger partial charge in [0.15, 0.2) is 0 Å². The van der Waals surface area contributed by atoms with E-state index in [2.05, 4.69) is 22.9 Å². The maximum Gasteiger partial charge on any atom is 0.254 e. The van der Waals surface area contributed by atoms with E-state index in [0.717, 1.165) is 53.8 Å². The highest BCUT2D eigenvalue weighted by molar-refractivity contribution is 9.10. The van der Waals surface area contributed by atoms with Gasteiger partial charge < -0.3 is 14.5 Å². The lowest BCUT2D eigenvalue weighted by molar-refractivity contribution is 0.0498. The van der Waals surface area contributed by atoms with Crippen LogP contribution in [0.3, 0.4) is 0 Å². The Morgan fingerprint density at radius 2 is 1.59 bits per heavy atom. The molecule has 2 aromatic rings. The summed E-state index contributed by atoms with van der Waals surface area (Å²) in [6.07, 6.45) is 3.71. The van der Waals surface area contributed by atoms with Gasteiger partial charge in [-0.1, -0.05) is 29.3 Å². The van der Waals surface area contributed by atoms with E-state index in [1.807, 2.05) is 70.1 Å². The lowest BCUT2D eigenvalue weighted by Gasteiger charge is -2.44. The summed E-state index contributed by atoms with van der Waals surface area (Å²) < 4.78 is 6.66. The molecule has 2 aromatic carbocycles. The van der Waals surface area contributed by atoms with E-state index in [1.54, 1.807) is 0 Å². The first kappa shape index (κ1) is 23.2. The molecule has 2 aliphatic rings. The zero-order valence-electron chi connectivity index (χ0n) is 18.4. The first-order valence-corrected chi connectivity index (χ1v) is 13.0. The van der Waals surface area contributed by atoms with Crippen LogP contribution in [0.15, 0.2) is 53.0 Å². The normalized spacial score (nSPS) is 17.6. The molecule has 4 rings (SSSR count). The molecule has 2 aliphatic heterocycles. The summed E-state index contributed by atoms with van der Waals surface area (Å²) in [5.74, 6) is 1.88. The Morgan fingerprint density at radius 3 is 2.25 bits per heavy atom. The van der Waals surface area contributed by atoms with Crippen LogP contribution in [-0.2, 0) is 0 Å². The number of hydrogen-bond donors (Lipinski definition) is 0. The summed E-state index contributed by atoms with van der Waals surface area (Å²) in [5.41, 5.74) is 1.40. The molecule has 0 saturated carbocycles. The minimum absolute atomic E-state index is 0.0498. The van der Waals surface area contributed by atoms with Gasteiger partial charge in [0.25, 0.3) is 11.8 Å². The lowest BCUT2D eigenvalue weighted by atomic mass is 10.00.